The number of likely N-dealkylation sites (N-methyl/N-ethyl adjacent to an activating group) is 1. The number of methoxy groups -OCH3 is 1. The number of nitrogens with one attached hydrogen (secondary N) is 2. The quantitative estimate of drug-likeness (QED) is 0.504. The Labute approximate surface area is 170 Å². The van der Waals surface area contributed by atoms with E-state index in [9.17, 15) is 0 Å². The van der Waals surface area contributed by atoms with E-state index in [-0.39, 0.29) is 0 Å². The van der Waals surface area contributed by atoms with Crippen molar-refractivity contribution in [2.24, 2.45) is 4.99 Å². The van der Waals surface area contributed by atoms with Gasteiger partial charge in [-0.15, -0.1) is 0 Å². The fraction of sp³-hybridized carbons (Fsp3) is 0.682. The molecule has 1 aromatic carbocycles. The third-order valence-electron chi connectivity index (χ3n) is 6.13. The van der Waals surface area contributed by atoms with Gasteiger partial charge in [-0.1, -0.05) is 12.1 Å². The zero-order valence-electron chi connectivity index (χ0n) is 17.9. The van der Waals surface area contributed by atoms with Crippen molar-refractivity contribution in [2.45, 2.75) is 50.7 Å². The third-order valence-corrected chi connectivity index (χ3v) is 6.13. The van der Waals surface area contributed by atoms with Crippen molar-refractivity contribution in [3.05, 3.63) is 29.8 Å². The molecule has 1 aliphatic heterocycles. The Kier molecular flexibility index (Phi) is 7.57. The number of ether oxygens (including phenoxy) is 1. The van der Waals surface area contributed by atoms with E-state index in [4.69, 9.17) is 4.74 Å². The van der Waals surface area contributed by atoms with Gasteiger partial charge < -0.3 is 15.4 Å². The van der Waals surface area contributed by atoms with E-state index < -0.39 is 0 Å². The lowest BCUT2D eigenvalue weighted by Gasteiger charge is -2.30. The van der Waals surface area contributed by atoms with Crippen LogP contribution in [0.5, 0.6) is 5.75 Å². The van der Waals surface area contributed by atoms with Gasteiger partial charge in [0, 0.05) is 32.2 Å². The first-order valence-electron chi connectivity index (χ1n) is 10.7. The summed E-state index contributed by atoms with van der Waals surface area (Å²) in [6.07, 6.45) is 5.23. The largest absolute Gasteiger partial charge is 0.497 e. The van der Waals surface area contributed by atoms with Gasteiger partial charge in [0.1, 0.15) is 5.75 Å². The Bertz CT molecular complexity index is 640. The third kappa shape index (κ3) is 5.61. The zero-order valence-corrected chi connectivity index (χ0v) is 17.9. The molecule has 6 nitrogen and oxygen atoms in total. The van der Waals surface area contributed by atoms with Gasteiger partial charge in [0.15, 0.2) is 5.96 Å². The first-order valence-corrected chi connectivity index (χ1v) is 10.7. The average molecular weight is 388 g/mol. The van der Waals surface area contributed by atoms with Crippen LogP contribution >= 0.6 is 0 Å². The van der Waals surface area contributed by atoms with Crippen molar-refractivity contribution in [1.82, 2.24) is 20.4 Å². The summed E-state index contributed by atoms with van der Waals surface area (Å²) in [6, 6.07) is 10.1. The van der Waals surface area contributed by atoms with Crippen molar-refractivity contribution in [2.75, 3.05) is 47.4 Å². The average Bonchev–Trinajstić information content (AvgIpc) is 3.44. The number of nitrogens with zero attached hydrogens (tertiary/aromatic N) is 3. The van der Waals surface area contributed by atoms with Crippen LogP contribution in [-0.4, -0.2) is 75.2 Å². The fourth-order valence-corrected chi connectivity index (χ4v) is 4.00. The highest BCUT2D eigenvalue weighted by Crippen LogP contribution is 2.27. The number of rotatable bonds is 9. The number of aliphatic imine (C=N–C) groups is 1. The molecule has 1 heterocycles. The predicted octanol–water partition coefficient (Wildman–Crippen LogP) is 2.48. The van der Waals surface area contributed by atoms with Gasteiger partial charge >= 0.3 is 0 Å². The van der Waals surface area contributed by atoms with Crippen molar-refractivity contribution >= 4 is 5.96 Å². The van der Waals surface area contributed by atoms with Gasteiger partial charge in [-0.05, 0) is 70.4 Å². The molecule has 0 spiro atoms. The molecule has 1 saturated heterocycles. The molecule has 0 bridgehead atoms. The van der Waals surface area contributed by atoms with E-state index in [1.165, 1.54) is 31.2 Å². The Morgan fingerprint density at radius 2 is 1.96 bits per heavy atom. The summed E-state index contributed by atoms with van der Waals surface area (Å²) in [4.78, 5) is 9.48. The Morgan fingerprint density at radius 1 is 1.25 bits per heavy atom. The minimum Gasteiger partial charge on any atom is -0.497 e. The normalized spacial score (nSPS) is 20.2. The lowest BCUT2D eigenvalue weighted by atomic mass is 10.1. The fourth-order valence-electron chi connectivity index (χ4n) is 4.00. The molecule has 6 heteroatoms. The van der Waals surface area contributed by atoms with Gasteiger partial charge in [-0.2, -0.15) is 0 Å². The van der Waals surface area contributed by atoms with Crippen LogP contribution in [0.2, 0.25) is 0 Å². The van der Waals surface area contributed by atoms with Crippen LogP contribution in [0, 0.1) is 0 Å². The summed E-state index contributed by atoms with van der Waals surface area (Å²) in [5, 5.41) is 7.07. The monoisotopic (exact) mass is 387 g/mol. The summed E-state index contributed by atoms with van der Waals surface area (Å²) in [5.41, 5.74) is 1.30. The lowest BCUT2D eigenvalue weighted by Crippen LogP contribution is -2.47. The van der Waals surface area contributed by atoms with Gasteiger partial charge in [-0.25, -0.2) is 0 Å². The molecule has 2 fully saturated rings. The van der Waals surface area contributed by atoms with Gasteiger partial charge in [-0.3, -0.25) is 14.8 Å². The van der Waals surface area contributed by atoms with Crippen molar-refractivity contribution < 1.29 is 4.74 Å². The van der Waals surface area contributed by atoms with E-state index in [1.807, 2.05) is 13.1 Å². The van der Waals surface area contributed by atoms with Crippen molar-refractivity contribution in [3.63, 3.8) is 0 Å². The van der Waals surface area contributed by atoms with Gasteiger partial charge in [0.05, 0.1) is 13.2 Å². The molecule has 1 aromatic rings. The number of benzene rings is 1. The summed E-state index contributed by atoms with van der Waals surface area (Å²) in [7, 11) is 5.81. The molecule has 2 unspecified atom stereocenters. The molecular formula is C22H37N5O. The van der Waals surface area contributed by atoms with E-state index in [2.05, 4.69) is 57.6 Å². The van der Waals surface area contributed by atoms with E-state index in [0.29, 0.717) is 12.1 Å². The first-order chi connectivity index (χ1) is 13.6. The molecule has 1 saturated carbocycles. The minimum atomic E-state index is 0.322. The molecule has 2 N–H and O–H groups in total. The second-order valence-electron chi connectivity index (χ2n) is 8.12. The Hall–Kier alpha value is -1.79. The highest BCUT2D eigenvalue weighted by Gasteiger charge is 2.29. The van der Waals surface area contributed by atoms with Crippen LogP contribution in [0.25, 0.3) is 0 Å². The number of guanidine groups is 1. The smallest absolute Gasteiger partial charge is 0.191 e. The summed E-state index contributed by atoms with van der Waals surface area (Å²) in [5.74, 6) is 1.80. The number of hydrogen-bond acceptors (Lipinski definition) is 4. The predicted molar refractivity (Wildman–Crippen MR) is 116 cm³/mol. The molecule has 1 aliphatic carbocycles. The molecule has 0 radical (unpaired) electrons. The van der Waals surface area contributed by atoms with E-state index >= 15 is 0 Å². The Balaban J connectivity index is 1.58. The SMILES string of the molecule is CN=C(NCC(c1cccc(OC)c1)N1CCCC1)NCC(C)N(C)C1CC1. The van der Waals surface area contributed by atoms with Crippen LogP contribution in [0.1, 0.15) is 44.2 Å². The second-order valence-corrected chi connectivity index (χ2v) is 8.12. The van der Waals surface area contributed by atoms with Crippen LogP contribution in [0.3, 0.4) is 0 Å². The van der Waals surface area contributed by atoms with Crippen molar-refractivity contribution in [3.8, 4) is 5.75 Å². The highest BCUT2D eigenvalue weighted by atomic mass is 16.5. The van der Waals surface area contributed by atoms with Crippen LogP contribution in [0.15, 0.2) is 29.3 Å². The number of likely N-dealkylation sites (tertiary alicyclic amines) is 1. The second kappa shape index (κ2) is 10.1. The number of hydrogen-bond donors (Lipinski definition) is 2. The molecule has 2 aliphatic rings. The van der Waals surface area contributed by atoms with Crippen LogP contribution in [-0.2, 0) is 0 Å². The topological polar surface area (TPSA) is 52.1 Å². The Morgan fingerprint density at radius 3 is 2.61 bits per heavy atom. The summed E-state index contributed by atoms with van der Waals surface area (Å²) in [6.45, 7) is 6.32. The van der Waals surface area contributed by atoms with Crippen molar-refractivity contribution in [1.29, 1.82) is 0 Å². The maximum absolute atomic E-state index is 5.45. The maximum atomic E-state index is 5.45. The van der Waals surface area contributed by atoms with Gasteiger partial charge in [0.25, 0.3) is 0 Å². The van der Waals surface area contributed by atoms with Crippen LogP contribution < -0.4 is 15.4 Å². The summed E-state index contributed by atoms with van der Waals surface area (Å²) < 4.78 is 5.45. The molecule has 2 atom stereocenters. The van der Waals surface area contributed by atoms with E-state index in [0.717, 1.165) is 43.9 Å². The molecule has 3 rings (SSSR count). The van der Waals surface area contributed by atoms with Gasteiger partial charge in [0.2, 0.25) is 0 Å². The molecule has 0 amide bonds. The molecule has 28 heavy (non-hydrogen) atoms. The molecule has 156 valence electrons. The maximum Gasteiger partial charge on any atom is 0.191 e. The molecular weight excluding hydrogens is 350 g/mol. The van der Waals surface area contributed by atoms with Crippen LogP contribution in [0.4, 0.5) is 0 Å². The minimum absolute atomic E-state index is 0.322. The zero-order chi connectivity index (χ0) is 19.9. The van der Waals surface area contributed by atoms with E-state index in [1.54, 1.807) is 7.11 Å². The lowest BCUT2D eigenvalue weighted by molar-refractivity contribution is 0.241. The highest BCUT2D eigenvalue weighted by molar-refractivity contribution is 5.79. The standard InChI is InChI=1S/C22H37N5O/c1-17(26(3)19-10-11-19)15-24-22(23-2)25-16-21(27-12-5-6-13-27)18-8-7-9-20(14-18)28-4/h7-9,14,17,19,21H,5-6,10-13,15-16H2,1-4H3,(H2,23,24,25). The first kappa shape index (κ1) is 20.9. The summed E-state index contributed by atoms with van der Waals surface area (Å²) >= 11 is 0. The molecule has 0 aromatic heterocycles.